The maximum absolute atomic E-state index is 12.4. The first-order valence-electron chi connectivity index (χ1n) is 9.12. The molecule has 0 aliphatic heterocycles. The van der Waals surface area contributed by atoms with Crippen LogP contribution in [0.4, 0.5) is 5.69 Å². The molecule has 156 valence electrons. The molecule has 1 amide bonds. The van der Waals surface area contributed by atoms with Crippen LogP contribution in [0.3, 0.4) is 0 Å². The zero-order valence-corrected chi connectivity index (χ0v) is 17.7. The molecule has 1 aromatic heterocycles. The molecule has 0 bridgehead atoms. The van der Waals surface area contributed by atoms with E-state index >= 15 is 0 Å². The topological polar surface area (TPSA) is 95.3 Å². The average Bonchev–Trinajstić information content (AvgIpc) is 3.11. The summed E-state index contributed by atoms with van der Waals surface area (Å²) in [4.78, 5) is 24.7. The second-order valence-corrected chi connectivity index (χ2v) is 7.29. The lowest BCUT2D eigenvalue weighted by atomic mass is 10.1. The van der Waals surface area contributed by atoms with Crippen molar-refractivity contribution in [2.45, 2.75) is 11.6 Å². The number of carbonyl (C=O) groups is 2. The Labute approximate surface area is 178 Å². The van der Waals surface area contributed by atoms with Crippen LogP contribution < -0.4 is 14.8 Å². The molecular weight excluding hydrogens is 404 g/mol. The number of rotatable bonds is 9. The first-order valence-corrected chi connectivity index (χ1v) is 10.1. The number of nitrogens with zero attached hydrogens (tertiary/aromatic N) is 3. The number of aromatic nitrogens is 3. The molecule has 8 nitrogen and oxygen atoms in total. The predicted molar refractivity (Wildman–Crippen MR) is 114 cm³/mol. The van der Waals surface area contributed by atoms with E-state index in [9.17, 15) is 9.59 Å². The number of carbonyl (C=O) groups excluding carboxylic acids is 2. The van der Waals surface area contributed by atoms with Crippen molar-refractivity contribution in [1.29, 1.82) is 0 Å². The lowest BCUT2D eigenvalue weighted by Gasteiger charge is -2.07. The number of nitrogens with one attached hydrogen (secondary N) is 1. The van der Waals surface area contributed by atoms with Crippen molar-refractivity contribution in [1.82, 2.24) is 14.8 Å². The molecule has 0 aliphatic carbocycles. The minimum Gasteiger partial charge on any atom is -0.497 e. The second-order valence-electron chi connectivity index (χ2n) is 6.35. The van der Waals surface area contributed by atoms with Gasteiger partial charge in [0.05, 0.1) is 26.4 Å². The molecule has 0 fully saturated rings. The van der Waals surface area contributed by atoms with Crippen molar-refractivity contribution in [3.05, 3.63) is 59.9 Å². The molecule has 3 aromatic rings. The largest absolute Gasteiger partial charge is 0.497 e. The highest BCUT2D eigenvalue weighted by Gasteiger charge is 2.15. The Bertz CT molecular complexity index is 1020. The summed E-state index contributed by atoms with van der Waals surface area (Å²) in [6.07, 6.45) is 0.0719. The van der Waals surface area contributed by atoms with Crippen LogP contribution in [0.2, 0.25) is 0 Å². The Hall–Kier alpha value is -3.33. The zero-order chi connectivity index (χ0) is 21.5. The van der Waals surface area contributed by atoms with Gasteiger partial charge in [0.15, 0.2) is 10.9 Å². The summed E-state index contributed by atoms with van der Waals surface area (Å²) < 4.78 is 11.9. The molecule has 30 heavy (non-hydrogen) atoms. The number of benzene rings is 2. The van der Waals surface area contributed by atoms with Gasteiger partial charge in [-0.3, -0.25) is 9.59 Å². The van der Waals surface area contributed by atoms with Crippen LogP contribution in [-0.4, -0.2) is 46.4 Å². The smallest absolute Gasteiger partial charge is 0.232 e. The van der Waals surface area contributed by atoms with E-state index in [1.165, 1.54) is 11.8 Å². The summed E-state index contributed by atoms with van der Waals surface area (Å²) in [6.45, 7) is 0. The molecule has 0 radical (unpaired) electrons. The molecule has 0 aliphatic rings. The minimum atomic E-state index is -0.207. The number of methoxy groups -OCH3 is 2. The molecule has 9 heteroatoms. The quantitative estimate of drug-likeness (QED) is 0.415. The summed E-state index contributed by atoms with van der Waals surface area (Å²) in [5.74, 6) is 1.92. The Kier molecular flexibility index (Phi) is 7.08. The predicted octanol–water partition coefficient (Wildman–Crippen LogP) is 2.99. The molecule has 1 N–H and O–H groups in total. The fourth-order valence-corrected chi connectivity index (χ4v) is 3.46. The number of thioether (sulfide) groups is 1. The SMILES string of the molecule is COc1ccc(NC(=O)Cc2nnc(SCC(=O)c3ccc(OC)cc3)n2C)cc1. The summed E-state index contributed by atoms with van der Waals surface area (Å²) in [6, 6.07) is 14.0. The van der Waals surface area contributed by atoms with Gasteiger partial charge in [-0.1, -0.05) is 11.8 Å². The minimum absolute atomic E-state index is 0.0237. The molecule has 0 spiro atoms. The highest BCUT2D eigenvalue weighted by molar-refractivity contribution is 7.99. The monoisotopic (exact) mass is 426 g/mol. The van der Waals surface area contributed by atoms with Crippen molar-refractivity contribution in [2.75, 3.05) is 25.3 Å². The summed E-state index contributed by atoms with van der Waals surface area (Å²) >= 11 is 1.28. The highest BCUT2D eigenvalue weighted by atomic mass is 32.2. The maximum Gasteiger partial charge on any atom is 0.232 e. The van der Waals surface area contributed by atoms with Gasteiger partial charge in [0.1, 0.15) is 17.3 Å². The van der Waals surface area contributed by atoms with Gasteiger partial charge in [0.25, 0.3) is 0 Å². The number of amides is 1. The third kappa shape index (κ3) is 5.38. The lowest BCUT2D eigenvalue weighted by molar-refractivity contribution is -0.115. The Morgan fingerprint density at radius 1 is 0.967 bits per heavy atom. The Balaban J connectivity index is 1.55. The second kappa shape index (κ2) is 9.93. The normalized spacial score (nSPS) is 10.5. The van der Waals surface area contributed by atoms with Gasteiger partial charge in [-0.15, -0.1) is 10.2 Å². The van der Waals surface area contributed by atoms with Crippen molar-refractivity contribution in [3.8, 4) is 11.5 Å². The van der Waals surface area contributed by atoms with Crippen molar-refractivity contribution in [3.63, 3.8) is 0 Å². The van der Waals surface area contributed by atoms with Crippen LogP contribution in [0, 0.1) is 0 Å². The van der Waals surface area contributed by atoms with Crippen LogP contribution in [0.1, 0.15) is 16.2 Å². The molecule has 0 unspecified atom stereocenters. The van der Waals surface area contributed by atoms with E-state index in [1.54, 1.807) is 74.4 Å². The summed E-state index contributed by atoms with van der Waals surface area (Å²) in [7, 11) is 4.94. The van der Waals surface area contributed by atoms with E-state index in [2.05, 4.69) is 15.5 Å². The lowest BCUT2D eigenvalue weighted by Crippen LogP contribution is -2.17. The standard InChI is InChI=1S/C21H22N4O4S/c1-25-19(12-20(27)22-15-6-10-17(29-3)11-7-15)23-24-21(25)30-13-18(26)14-4-8-16(28-2)9-5-14/h4-11H,12-13H2,1-3H3,(H,22,27). The number of ether oxygens (including phenoxy) is 2. The number of anilines is 1. The summed E-state index contributed by atoms with van der Waals surface area (Å²) in [5, 5.41) is 11.6. The Morgan fingerprint density at radius 3 is 2.17 bits per heavy atom. The fraction of sp³-hybridized carbons (Fsp3) is 0.238. The van der Waals surface area contributed by atoms with Gasteiger partial charge >= 0.3 is 0 Å². The molecular formula is C21H22N4O4S. The van der Waals surface area contributed by atoms with Crippen molar-refractivity contribution < 1.29 is 19.1 Å². The molecule has 2 aromatic carbocycles. The van der Waals surface area contributed by atoms with Crippen LogP contribution >= 0.6 is 11.8 Å². The van der Waals surface area contributed by atoms with Crippen LogP contribution in [-0.2, 0) is 18.3 Å². The van der Waals surface area contributed by atoms with Gasteiger partial charge < -0.3 is 19.4 Å². The molecule has 0 saturated carbocycles. The molecule has 0 saturated heterocycles. The van der Waals surface area contributed by atoms with E-state index in [0.717, 1.165) is 0 Å². The number of Topliss-reactive ketones (excluding diaryl/α,β-unsaturated/α-hetero) is 1. The van der Waals surface area contributed by atoms with Gasteiger partial charge in [0, 0.05) is 18.3 Å². The number of hydrogen-bond donors (Lipinski definition) is 1. The van der Waals surface area contributed by atoms with Crippen molar-refractivity contribution >= 4 is 29.1 Å². The first-order chi connectivity index (χ1) is 14.5. The maximum atomic E-state index is 12.4. The highest BCUT2D eigenvalue weighted by Crippen LogP contribution is 2.20. The molecule has 1 heterocycles. The third-order valence-corrected chi connectivity index (χ3v) is 5.38. The average molecular weight is 426 g/mol. The van der Waals surface area contributed by atoms with Crippen molar-refractivity contribution in [2.24, 2.45) is 7.05 Å². The Morgan fingerprint density at radius 2 is 1.57 bits per heavy atom. The van der Waals surface area contributed by atoms with Crippen LogP contribution in [0.25, 0.3) is 0 Å². The van der Waals surface area contributed by atoms with Crippen LogP contribution in [0.5, 0.6) is 11.5 Å². The van der Waals surface area contributed by atoms with E-state index in [0.29, 0.717) is 33.7 Å². The van der Waals surface area contributed by atoms with Gasteiger partial charge in [0.2, 0.25) is 5.91 Å². The van der Waals surface area contributed by atoms with Gasteiger partial charge in [-0.05, 0) is 48.5 Å². The molecule has 0 atom stereocenters. The molecule has 3 rings (SSSR count). The number of hydrogen-bond acceptors (Lipinski definition) is 7. The van der Waals surface area contributed by atoms with Gasteiger partial charge in [-0.25, -0.2) is 0 Å². The number of ketones is 1. The fourth-order valence-electron chi connectivity index (χ4n) is 2.64. The van der Waals surface area contributed by atoms with Gasteiger partial charge in [-0.2, -0.15) is 0 Å². The third-order valence-electron chi connectivity index (χ3n) is 4.36. The summed E-state index contributed by atoms with van der Waals surface area (Å²) in [5.41, 5.74) is 1.27. The van der Waals surface area contributed by atoms with E-state index in [-0.39, 0.29) is 23.9 Å². The zero-order valence-electron chi connectivity index (χ0n) is 16.9. The van der Waals surface area contributed by atoms with E-state index in [4.69, 9.17) is 9.47 Å². The van der Waals surface area contributed by atoms with E-state index < -0.39 is 0 Å². The first kappa shape index (κ1) is 21.4. The van der Waals surface area contributed by atoms with Crippen LogP contribution in [0.15, 0.2) is 53.7 Å². The van der Waals surface area contributed by atoms with E-state index in [1.807, 2.05) is 0 Å².